The number of aryl methyl sites for hydroxylation is 1. The quantitative estimate of drug-likeness (QED) is 0.860. The Kier molecular flexibility index (Phi) is 5.16. The van der Waals surface area contributed by atoms with Crippen molar-refractivity contribution in [2.45, 2.75) is 32.2 Å². The Morgan fingerprint density at radius 1 is 1.25 bits per heavy atom. The molecule has 1 aromatic heterocycles. The van der Waals surface area contributed by atoms with Crippen LogP contribution in [-0.2, 0) is 15.7 Å². The standard InChI is InChI=1S/C18H18F3N3O4/c1-10-5-3-4-6-13(10)24-15(18(19,20)21)12(7-22-24)16(25)23-8-11(2)28-14(9-23)17(26)27/h3-7,11,14H,8-9H2,1-2H3,(H,26,27)/t11-,14?/m1/s1. The number of carbonyl (C=O) groups excluding carboxylic acids is 1. The first-order chi connectivity index (χ1) is 13.1. The van der Waals surface area contributed by atoms with E-state index in [9.17, 15) is 22.8 Å². The highest BCUT2D eigenvalue weighted by Crippen LogP contribution is 2.35. The predicted octanol–water partition coefficient (Wildman–Crippen LogP) is 2.51. The largest absolute Gasteiger partial charge is 0.479 e. The SMILES string of the molecule is Cc1ccccc1-n1ncc(C(=O)N2CC(C(=O)O)O[C@H](C)C2)c1C(F)(F)F. The molecule has 0 radical (unpaired) electrons. The average Bonchev–Trinajstić information content (AvgIpc) is 3.06. The van der Waals surface area contributed by atoms with Gasteiger partial charge in [-0.05, 0) is 25.5 Å². The second kappa shape index (κ2) is 7.27. The normalized spacial score (nSPS) is 20.2. The number of alkyl halides is 3. The summed E-state index contributed by atoms with van der Waals surface area (Å²) in [5, 5.41) is 12.9. The Bertz CT molecular complexity index is 910. The predicted molar refractivity (Wildman–Crippen MR) is 91.2 cm³/mol. The van der Waals surface area contributed by atoms with Crippen LogP contribution in [0.25, 0.3) is 5.69 Å². The van der Waals surface area contributed by atoms with E-state index < -0.39 is 41.5 Å². The van der Waals surface area contributed by atoms with Crippen LogP contribution in [0, 0.1) is 6.92 Å². The zero-order chi connectivity index (χ0) is 20.6. The molecule has 1 fully saturated rings. The molecule has 0 saturated carbocycles. The first-order valence-corrected chi connectivity index (χ1v) is 8.48. The number of halogens is 3. The van der Waals surface area contributed by atoms with Crippen molar-refractivity contribution in [2.24, 2.45) is 0 Å². The topological polar surface area (TPSA) is 84.7 Å². The molecule has 7 nitrogen and oxygen atoms in total. The van der Waals surface area contributed by atoms with Gasteiger partial charge < -0.3 is 14.7 Å². The van der Waals surface area contributed by atoms with Crippen molar-refractivity contribution in [3.8, 4) is 5.69 Å². The van der Waals surface area contributed by atoms with Crippen molar-refractivity contribution in [3.63, 3.8) is 0 Å². The number of carboxylic acids is 1. The number of nitrogens with zero attached hydrogens (tertiary/aromatic N) is 3. The smallest absolute Gasteiger partial charge is 0.434 e. The van der Waals surface area contributed by atoms with Crippen LogP contribution in [0.1, 0.15) is 28.5 Å². The van der Waals surface area contributed by atoms with E-state index in [0.717, 1.165) is 11.1 Å². The van der Waals surface area contributed by atoms with E-state index in [2.05, 4.69) is 5.10 Å². The number of aliphatic carboxylic acids is 1. The number of carbonyl (C=O) groups is 2. The fourth-order valence-corrected chi connectivity index (χ4v) is 3.19. The van der Waals surface area contributed by atoms with E-state index in [4.69, 9.17) is 9.84 Å². The summed E-state index contributed by atoms with van der Waals surface area (Å²) in [6.45, 7) is 2.83. The molecule has 3 rings (SSSR count). The summed E-state index contributed by atoms with van der Waals surface area (Å²) in [6, 6.07) is 6.37. The van der Waals surface area contributed by atoms with Crippen LogP contribution in [0.15, 0.2) is 30.5 Å². The molecule has 1 N–H and O–H groups in total. The second-order valence-electron chi connectivity index (χ2n) is 6.59. The van der Waals surface area contributed by atoms with Crippen LogP contribution in [0.4, 0.5) is 13.2 Å². The second-order valence-corrected chi connectivity index (χ2v) is 6.59. The van der Waals surface area contributed by atoms with Crippen LogP contribution in [0.3, 0.4) is 0 Å². The Labute approximate surface area is 158 Å². The molecule has 1 aliphatic rings. The van der Waals surface area contributed by atoms with E-state index in [1.165, 1.54) is 6.07 Å². The monoisotopic (exact) mass is 397 g/mol. The lowest BCUT2D eigenvalue weighted by atomic mass is 10.1. The fourth-order valence-electron chi connectivity index (χ4n) is 3.19. The molecule has 0 bridgehead atoms. The van der Waals surface area contributed by atoms with Gasteiger partial charge in [-0.2, -0.15) is 18.3 Å². The summed E-state index contributed by atoms with van der Waals surface area (Å²) in [5.74, 6) is -2.22. The van der Waals surface area contributed by atoms with Crippen LogP contribution in [-0.4, -0.2) is 57.0 Å². The van der Waals surface area contributed by atoms with Gasteiger partial charge >= 0.3 is 12.1 Å². The molecule has 0 aliphatic carbocycles. The lowest BCUT2D eigenvalue weighted by Gasteiger charge is -2.35. The maximum atomic E-state index is 13.8. The zero-order valence-electron chi connectivity index (χ0n) is 15.1. The Hall–Kier alpha value is -2.88. The number of aromatic nitrogens is 2. The van der Waals surface area contributed by atoms with Gasteiger partial charge in [0.15, 0.2) is 11.8 Å². The van der Waals surface area contributed by atoms with E-state index in [1.54, 1.807) is 32.0 Å². The van der Waals surface area contributed by atoms with Gasteiger partial charge in [-0.15, -0.1) is 0 Å². The van der Waals surface area contributed by atoms with E-state index in [1.807, 2.05) is 0 Å². The lowest BCUT2D eigenvalue weighted by molar-refractivity contribution is -0.160. The third-order valence-electron chi connectivity index (χ3n) is 4.43. The molecule has 2 heterocycles. The highest BCUT2D eigenvalue weighted by atomic mass is 19.4. The van der Waals surface area contributed by atoms with Crippen LogP contribution in [0.5, 0.6) is 0 Å². The molecule has 0 spiro atoms. The first-order valence-electron chi connectivity index (χ1n) is 8.48. The summed E-state index contributed by atoms with van der Waals surface area (Å²) < 4.78 is 47.4. The van der Waals surface area contributed by atoms with Crippen LogP contribution < -0.4 is 0 Å². The first kappa shape index (κ1) is 19.9. The summed E-state index contributed by atoms with van der Waals surface area (Å²) in [7, 11) is 0. The molecule has 1 aliphatic heterocycles. The Morgan fingerprint density at radius 2 is 1.93 bits per heavy atom. The number of hydrogen-bond donors (Lipinski definition) is 1. The van der Waals surface area contributed by atoms with Crippen molar-refractivity contribution < 1.29 is 32.6 Å². The molecule has 28 heavy (non-hydrogen) atoms. The summed E-state index contributed by atoms with van der Waals surface area (Å²) in [5.41, 5.74) is -1.07. The van der Waals surface area contributed by atoms with Gasteiger partial charge in [0.2, 0.25) is 0 Å². The van der Waals surface area contributed by atoms with E-state index in [0.29, 0.717) is 10.2 Å². The van der Waals surface area contributed by atoms with Gasteiger partial charge in [0, 0.05) is 6.54 Å². The molecular weight excluding hydrogens is 379 g/mol. The summed E-state index contributed by atoms with van der Waals surface area (Å²) >= 11 is 0. The number of ether oxygens (including phenoxy) is 1. The summed E-state index contributed by atoms with van der Waals surface area (Å²) in [4.78, 5) is 25.1. The minimum Gasteiger partial charge on any atom is -0.479 e. The third-order valence-corrected chi connectivity index (χ3v) is 4.43. The van der Waals surface area contributed by atoms with E-state index in [-0.39, 0.29) is 18.8 Å². The Morgan fingerprint density at radius 3 is 2.54 bits per heavy atom. The molecule has 2 atom stereocenters. The van der Waals surface area contributed by atoms with Gasteiger partial charge in [-0.25, -0.2) is 9.48 Å². The highest BCUT2D eigenvalue weighted by Gasteiger charge is 2.43. The molecule has 1 amide bonds. The minimum absolute atomic E-state index is 0.0184. The number of morpholine rings is 1. The highest BCUT2D eigenvalue weighted by molar-refractivity contribution is 5.96. The molecule has 1 unspecified atom stereocenters. The number of amides is 1. The number of rotatable bonds is 3. The van der Waals surface area contributed by atoms with Crippen molar-refractivity contribution in [1.82, 2.24) is 14.7 Å². The van der Waals surface area contributed by atoms with Crippen molar-refractivity contribution >= 4 is 11.9 Å². The molecule has 1 aromatic carbocycles. The molecule has 1 saturated heterocycles. The third kappa shape index (κ3) is 3.72. The molecule has 10 heteroatoms. The van der Waals surface area contributed by atoms with Crippen molar-refractivity contribution in [1.29, 1.82) is 0 Å². The molecule has 2 aromatic rings. The Balaban J connectivity index is 2.04. The maximum absolute atomic E-state index is 13.8. The minimum atomic E-state index is -4.84. The number of para-hydroxylation sites is 1. The number of hydrogen-bond acceptors (Lipinski definition) is 4. The number of carboxylic acid groups (broad SMARTS) is 1. The van der Waals surface area contributed by atoms with Crippen molar-refractivity contribution in [2.75, 3.05) is 13.1 Å². The summed E-state index contributed by atoms with van der Waals surface area (Å²) in [6.07, 6.45) is -5.89. The zero-order valence-corrected chi connectivity index (χ0v) is 15.1. The van der Waals surface area contributed by atoms with E-state index >= 15 is 0 Å². The fraction of sp³-hybridized carbons (Fsp3) is 0.389. The number of benzene rings is 1. The van der Waals surface area contributed by atoms with Gasteiger partial charge in [0.1, 0.15) is 0 Å². The van der Waals surface area contributed by atoms with Crippen LogP contribution >= 0.6 is 0 Å². The average molecular weight is 397 g/mol. The van der Waals surface area contributed by atoms with Crippen molar-refractivity contribution in [3.05, 3.63) is 47.3 Å². The van der Waals surface area contributed by atoms with Crippen LogP contribution in [0.2, 0.25) is 0 Å². The maximum Gasteiger partial charge on any atom is 0.434 e. The van der Waals surface area contributed by atoms with Gasteiger partial charge in [0.25, 0.3) is 5.91 Å². The van der Waals surface area contributed by atoms with Gasteiger partial charge in [-0.1, -0.05) is 18.2 Å². The molecular formula is C18H18F3N3O4. The molecule has 150 valence electrons. The lowest BCUT2D eigenvalue weighted by Crippen LogP contribution is -2.52. The van der Waals surface area contributed by atoms with Gasteiger partial charge in [-0.3, -0.25) is 4.79 Å². The van der Waals surface area contributed by atoms with Gasteiger partial charge in [0.05, 0.1) is 30.1 Å².